The zero-order valence-corrected chi connectivity index (χ0v) is 19.4. The van der Waals surface area contributed by atoms with Crippen LogP contribution >= 0.6 is 0 Å². The van der Waals surface area contributed by atoms with Crippen LogP contribution in [0.25, 0.3) is 22.2 Å². The molecular formula is C24H24N4O6. The van der Waals surface area contributed by atoms with E-state index in [4.69, 9.17) is 18.7 Å². The molecule has 2 aromatic heterocycles. The minimum Gasteiger partial charge on any atom is -0.497 e. The average Bonchev–Trinajstić information content (AvgIpc) is 3.25. The second-order valence-electron chi connectivity index (χ2n) is 7.53. The number of nitrogens with zero attached hydrogens (tertiary/aromatic N) is 3. The Bertz CT molecular complexity index is 1420. The zero-order valence-electron chi connectivity index (χ0n) is 19.4. The van der Waals surface area contributed by atoms with E-state index in [1.54, 1.807) is 51.3 Å². The third-order valence-electron chi connectivity index (χ3n) is 5.46. The molecule has 34 heavy (non-hydrogen) atoms. The third-order valence-corrected chi connectivity index (χ3v) is 5.46. The summed E-state index contributed by atoms with van der Waals surface area (Å²) in [5, 5.41) is 11.8. The lowest BCUT2D eigenvalue weighted by Gasteiger charge is -2.16. The molecule has 2 heterocycles. The monoisotopic (exact) mass is 464 g/mol. The molecule has 0 bridgehead atoms. The Morgan fingerprint density at radius 3 is 2.53 bits per heavy atom. The van der Waals surface area contributed by atoms with Gasteiger partial charge in [-0.1, -0.05) is 17.3 Å². The first-order valence-corrected chi connectivity index (χ1v) is 10.4. The van der Waals surface area contributed by atoms with Crippen molar-refractivity contribution in [2.24, 2.45) is 0 Å². The lowest BCUT2D eigenvalue weighted by atomic mass is 10.1. The molecule has 0 aliphatic carbocycles. The van der Waals surface area contributed by atoms with Gasteiger partial charge in [0.15, 0.2) is 17.0 Å². The van der Waals surface area contributed by atoms with Gasteiger partial charge in [-0.3, -0.25) is 9.59 Å². The lowest BCUT2D eigenvalue weighted by molar-refractivity contribution is -0.119. The highest BCUT2D eigenvalue weighted by atomic mass is 16.5. The Balaban J connectivity index is 1.76. The molecule has 2 aromatic carbocycles. The Morgan fingerprint density at radius 2 is 1.82 bits per heavy atom. The molecule has 0 aliphatic rings. The number of carbonyl (C=O) groups excluding carboxylic acids is 1. The summed E-state index contributed by atoms with van der Waals surface area (Å²) in [5.41, 5.74) is 1.19. The van der Waals surface area contributed by atoms with Crippen molar-refractivity contribution in [3.8, 4) is 28.5 Å². The summed E-state index contributed by atoms with van der Waals surface area (Å²) >= 11 is 0. The van der Waals surface area contributed by atoms with Crippen LogP contribution in [-0.4, -0.2) is 42.2 Å². The van der Waals surface area contributed by atoms with E-state index < -0.39 is 17.5 Å². The highest BCUT2D eigenvalue weighted by Gasteiger charge is 2.25. The van der Waals surface area contributed by atoms with Gasteiger partial charge in [-0.15, -0.1) is 0 Å². The smallest absolute Gasteiger partial charge is 0.297 e. The summed E-state index contributed by atoms with van der Waals surface area (Å²) < 4.78 is 22.2. The summed E-state index contributed by atoms with van der Waals surface area (Å²) in [4.78, 5) is 26.2. The number of benzene rings is 2. The van der Waals surface area contributed by atoms with Gasteiger partial charge in [0.05, 0.1) is 26.7 Å². The van der Waals surface area contributed by atoms with E-state index in [1.807, 2.05) is 12.1 Å². The van der Waals surface area contributed by atoms with Crippen LogP contribution in [0.1, 0.15) is 18.7 Å². The minimum atomic E-state index is -0.952. The van der Waals surface area contributed by atoms with Gasteiger partial charge >= 0.3 is 0 Å². The van der Waals surface area contributed by atoms with Crippen molar-refractivity contribution in [1.29, 1.82) is 0 Å². The first-order chi connectivity index (χ1) is 16.4. The standard InChI is InChI=1S/C24H24N4O6/c1-13(23(29)25-16-9-10-18(32-4)19(12-16)33-5)28-24(30)22-20(14(2)34-27-22)21(26-28)15-7-6-8-17(11-15)31-3/h6-13H,1-5H3,(H,25,29). The highest BCUT2D eigenvalue weighted by molar-refractivity contribution is 5.95. The van der Waals surface area contributed by atoms with Crippen LogP contribution in [0.3, 0.4) is 0 Å². The minimum absolute atomic E-state index is 0.0936. The molecule has 1 N–H and O–H groups in total. The number of methoxy groups -OCH3 is 3. The second-order valence-corrected chi connectivity index (χ2v) is 7.53. The molecular weight excluding hydrogens is 440 g/mol. The second kappa shape index (κ2) is 9.26. The van der Waals surface area contributed by atoms with Crippen LogP contribution in [0.2, 0.25) is 0 Å². The third kappa shape index (κ3) is 4.05. The molecule has 0 saturated carbocycles. The maximum Gasteiger partial charge on any atom is 0.297 e. The Kier molecular flexibility index (Phi) is 6.22. The van der Waals surface area contributed by atoms with Crippen LogP contribution in [0.15, 0.2) is 51.8 Å². The fraction of sp³-hybridized carbons (Fsp3) is 0.250. The molecule has 0 fully saturated rings. The number of ether oxygens (including phenoxy) is 3. The maximum absolute atomic E-state index is 13.2. The van der Waals surface area contributed by atoms with Crippen LogP contribution in [0.5, 0.6) is 17.2 Å². The number of fused-ring (bicyclic) bond motifs is 1. The largest absolute Gasteiger partial charge is 0.497 e. The number of rotatable bonds is 7. The Morgan fingerprint density at radius 1 is 1.06 bits per heavy atom. The predicted molar refractivity (Wildman–Crippen MR) is 126 cm³/mol. The number of amides is 1. The topological polar surface area (TPSA) is 118 Å². The normalized spacial score (nSPS) is 11.8. The number of aryl methyl sites for hydroxylation is 1. The Labute approximate surface area is 195 Å². The summed E-state index contributed by atoms with van der Waals surface area (Å²) in [7, 11) is 4.59. The molecule has 0 spiro atoms. The maximum atomic E-state index is 13.2. The quantitative estimate of drug-likeness (QED) is 0.441. The molecule has 1 amide bonds. The van der Waals surface area contributed by atoms with Crippen LogP contribution in [-0.2, 0) is 4.79 Å². The van der Waals surface area contributed by atoms with E-state index >= 15 is 0 Å². The molecule has 4 rings (SSSR count). The van der Waals surface area contributed by atoms with Crippen LogP contribution in [0.4, 0.5) is 5.69 Å². The van der Waals surface area contributed by atoms with E-state index in [2.05, 4.69) is 15.6 Å². The number of anilines is 1. The van der Waals surface area contributed by atoms with Gasteiger partial charge in [-0.2, -0.15) is 5.10 Å². The van der Waals surface area contributed by atoms with Crippen molar-refractivity contribution in [3.63, 3.8) is 0 Å². The molecule has 10 nitrogen and oxygen atoms in total. The van der Waals surface area contributed by atoms with Gasteiger partial charge in [0, 0.05) is 17.3 Å². The molecule has 176 valence electrons. The van der Waals surface area contributed by atoms with Crippen molar-refractivity contribution in [2.45, 2.75) is 19.9 Å². The first kappa shape index (κ1) is 22.8. The predicted octanol–water partition coefficient (Wildman–Crippen LogP) is 3.59. The molecule has 4 aromatic rings. The van der Waals surface area contributed by atoms with Crippen molar-refractivity contribution >= 4 is 22.5 Å². The molecule has 1 atom stereocenters. The fourth-order valence-electron chi connectivity index (χ4n) is 3.62. The summed E-state index contributed by atoms with van der Waals surface area (Å²) in [6.45, 7) is 3.29. The van der Waals surface area contributed by atoms with E-state index in [9.17, 15) is 9.59 Å². The van der Waals surface area contributed by atoms with Crippen molar-refractivity contribution in [2.75, 3.05) is 26.6 Å². The van der Waals surface area contributed by atoms with E-state index in [1.165, 1.54) is 14.2 Å². The van der Waals surface area contributed by atoms with Gasteiger partial charge in [0.1, 0.15) is 23.2 Å². The Hall–Kier alpha value is -4.34. The SMILES string of the molecule is COc1cccc(-c2nn(C(C)C(=O)Nc3ccc(OC)c(OC)c3)c(=O)c3noc(C)c23)c1. The van der Waals surface area contributed by atoms with Gasteiger partial charge in [0.2, 0.25) is 5.91 Å². The number of hydrogen-bond acceptors (Lipinski definition) is 8. The van der Waals surface area contributed by atoms with E-state index in [0.717, 1.165) is 4.68 Å². The zero-order chi connectivity index (χ0) is 24.4. The number of hydrogen-bond donors (Lipinski definition) is 1. The molecule has 0 saturated heterocycles. The number of aromatic nitrogens is 3. The van der Waals surface area contributed by atoms with Crippen molar-refractivity contribution < 1.29 is 23.5 Å². The molecule has 10 heteroatoms. The molecule has 1 unspecified atom stereocenters. The summed E-state index contributed by atoms with van der Waals surface area (Å²) in [5.74, 6) is 1.62. The first-order valence-electron chi connectivity index (χ1n) is 10.4. The molecule has 0 radical (unpaired) electrons. The van der Waals surface area contributed by atoms with Gasteiger partial charge < -0.3 is 24.1 Å². The van der Waals surface area contributed by atoms with Crippen molar-refractivity contribution in [1.82, 2.24) is 14.9 Å². The highest BCUT2D eigenvalue weighted by Crippen LogP contribution is 2.31. The average molecular weight is 464 g/mol. The van der Waals surface area contributed by atoms with Crippen molar-refractivity contribution in [3.05, 3.63) is 58.6 Å². The molecule has 0 aliphatic heterocycles. The fourth-order valence-corrected chi connectivity index (χ4v) is 3.62. The number of nitrogens with one attached hydrogen (secondary N) is 1. The lowest BCUT2D eigenvalue weighted by Crippen LogP contribution is -2.34. The van der Waals surface area contributed by atoms with E-state index in [0.29, 0.717) is 45.3 Å². The summed E-state index contributed by atoms with van der Waals surface area (Å²) in [6.07, 6.45) is 0. The summed E-state index contributed by atoms with van der Waals surface area (Å²) in [6, 6.07) is 11.3. The van der Waals surface area contributed by atoms with Gasteiger partial charge in [-0.25, -0.2) is 4.68 Å². The van der Waals surface area contributed by atoms with Crippen LogP contribution < -0.4 is 25.1 Å². The van der Waals surface area contributed by atoms with Gasteiger partial charge in [0.25, 0.3) is 5.56 Å². The van der Waals surface area contributed by atoms with Gasteiger partial charge in [-0.05, 0) is 38.1 Å². The van der Waals surface area contributed by atoms with Crippen LogP contribution in [0, 0.1) is 6.92 Å². The van der Waals surface area contributed by atoms with E-state index in [-0.39, 0.29) is 5.52 Å². The number of carbonyl (C=O) groups is 1.